The van der Waals surface area contributed by atoms with Crippen molar-refractivity contribution < 1.29 is 26.8 Å². The van der Waals surface area contributed by atoms with Gasteiger partial charge in [0.2, 0.25) is 15.8 Å². The fourth-order valence-corrected chi connectivity index (χ4v) is 6.06. The van der Waals surface area contributed by atoms with E-state index in [-0.39, 0.29) is 28.5 Å². The SMILES string of the molecule is CNC(=O)c1c(-c2ccc(F)cc2)oc2cc(N(C)S(C)(=O)=O)c([C@@H]3CCCC(C(=O)c4nc5ncccc5[nH]4)N3)cc12. The molecule has 43 heavy (non-hydrogen) atoms. The fourth-order valence-electron chi connectivity index (χ4n) is 5.55. The number of H-pyrrole nitrogens is 1. The van der Waals surface area contributed by atoms with Gasteiger partial charge in [-0.05, 0) is 67.3 Å². The molecule has 222 valence electrons. The number of nitrogens with zero attached hydrogens (tertiary/aromatic N) is 3. The predicted octanol–water partition coefficient (Wildman–Crippen LogP) is 4.33. The van der Waals surface area contributed by atoms with Crippen molar-refractivity contribution in [2.45, 2.75) is 31.3 Å². The van der Waals surface area contributed by atoms with Crippen LogP contribution in [0, 0.1) is 5.82 Å². The lowest BCUT2D eigenvalue weighted by atomic mass is 9.89. The molecule has 2 atom stereocenters. The molecule has 5 aromatic rings. The summed E-state index contributed by atoms with van der Waals surface area (Å²) in [5.41, 5.74) is 3.02. The molecule has 11 nitrogen and oxygen atoms in total. The van der Waals surface area contributed by atoms with Crippen LogP contribution in [-0.4, -0.2) is 61.5 Å². The summed E-state index contributed by atoms with van der Waals surface area (Å²) in [5, 5.41) is 6.50. The number of furan rings is 1. The summed E-state index contributed by atoms with van der Waals surface area (Å²) >= 11 is 0. The topological polar surface area (TPSA) is 150 Å². The third kappa shape index (κ3) is 5.25. The summed E-state index contributed by atoms with van der Waals surface area (Å²) < 4.78 is 46.4. The molecule has 2 aromatic carbocycles. The highest BCUT2D eigenvalue weighted by atomic mass is 32.2. The van der Waals surface area contributed by atoms with Crippen molar-refractivity contribution in [1.29, 1.82) is 0 Å². The number of hydrogen-bond donors (Lipinski definition) is 3. The highest BCUT2D eigenvalue weighted by Crippen LogP contribution is 2.41. The van der Waals surface area contributed by atoms with E-state index in [9.17, 15) is 22.4 Å². The van der Waals surface area contributed by atoms with Gasteiger partial charge in [-0.25, -0.2) is 22.8 Å². The molecule has 0 saturated carbocycles. The van der Waals surface area contributed by atoms with Gasteiger partial charge in [-0.1, -0.05) is 0 Å². The zero-order valence-corrected chi connectivity index (χ0v) is 24.5. The minimum atomic E-state index is -3.70. The van der Waals surface area contributed by atoms with E-state index in [4.69, 9.17) is 4.42 Å². The molecule has 1 aliphatic heterocycles. The lowest BCUT2D eigenvalue weighted by Crippen LogP contribution is -2.43. The Balaban J connectivity index is 1.46. The van der Waals surface area contributed by atoms with Crippen LogP contribution in [0.5, 0.6) is 0 Å². The number of carbonyl (C=O) groups excluding carboxylic acids is 2. The zero-order valence-electron chi connectivity index (χ0n) is 23.6. The Labute approximate surface area is 246 Å². The van der Waals surface area contributed by atoms with E-state index in [0.29, 0.717) is 52.6 Å². The van der Waals surface area contributed by atoms with E-state index in [0.717, 1.165) is 10.6 Å². The van der Waals surface area contributed by atoms with E-state index in [2.05, 4.69) is 25.6 Å². The number of benzene rings is 2. The number of imidazole rings is 1. The van der Waals surface area contributed by atoms with Crippen molar-refractivity contribution in [1.82, 2.24) is 25.6 Å². The van der Waals surface area contributed by atoms with Gasteiger partial charge >= 0.3 is 0 Å². The maximum atomic E-state index is 13.7. The smallest absolute Gasteiger partial charge is 0.255 e. The van der Waals surface area contributed by atoms with Crippen molar-refractivity contribution in [3.63, 3.8) is 0 Å². The van der Waals surface area contributed by atoms with Gasteiger partial charge in [0.1, 0.15) is 17.2 Å². The maximum Gasteiger partial charge on any atom is 0.255 e. The number of amides is 1. The number of carbonyl (C=O) groups is 2. The Morgan fingerprint density at radius 1 is 1.14 bits per heavy atom. The summed E-state index contributed by atoms with van der Waals surface area (Å²) in [6.45, 7) is 0. The number of hydrogen-bond acceptors (Lipinski definition) is 8. The Morgan fingerprint density at radius 2 is 1.91 bits per heavy atom. The fraction of sp³-hybridized carbons (Fsp3) is 0.267. The number of pyridine rings is 1. The van der Waals surface area contributed by atoms with Gasteiger partial charge in [0.05, 0.1) is 29.1 Å². The Morgan fingerprint density at radius 3 is 2.60 bits per heavy atom. The maximum absolute atomic E-state index is 13.7. The number of ketones is 1. The minimum absolute atomic E-state index is 0.191. The lowest BCUT2D eigenvalue weighted by Gasteiger charge is -2.32. The van der Waals surface area contributed by atoms with Crippen LogP contribution < -0.4 is 14.9 Å². The third-order valence-corrected chi connectivity index (χ3v) is 9.00. The summed E-state index contributed by atoms with van der Waals surface area (Å²) in [5.74, 6) is -0.669. The van der Waals surface area contributed by atoms with Crippen LogP contribution in [0.1, 0.15) is 51.8 Å². The molecule has 1 unspecified atom stereocenters. The molecule has 1 amide bonds. The summed E-state index contributed by atoms with van der Waals surface area (Å²) in [6, 6.07) is 11.4. The van der Waals surface area contributed by atoms with Crippen LogP contribution in [0.25, 0.3) is 33.5 Å². The number of piperidine rings is 1. The van der Waals surface area contributed by atoms with Crippen molar-refractivity contribution in [2.24, 2.45) is 0 Å². The van der Waals surface area contributed by atoms with Gasteiger partial charge in [-0.15, -0.1) is 0 Å². The predicted molar refractivity (Wildman–Crippen MR) is 160 cm³/mol. The number of halogens is 1. The first kappa shape index (κ1) is 28.5. The quantitative estimate of drug-likeness (QED) is 0.232. The number of sulfonamides is 1. The van der Waals surface area contributed by atoms with Gasteiger partial charge in [0.15, 0.2) is 11.5 Å². The van der Waals surface area contributed by atoms with Gasteiger partial charge in [0.25, 0.3) is 5.91 Å². The molecule has 0 aliphatic carbocycles. The number of rotatable bonds is 7. The molecular formula is C30H29FN6O5S. The number of fused-ring (bicyclic) bond motifs is 2. The van der Waals surface area contributed by atoms with Crippen molar-refractivity contribution in [3.05, 3.63) is 77.5 Å². The first-order chi connectivity index (χ1) is 20.5. The van der Waals surface area contributed by atoms with Crippen molar-refractivity contribution in [2.75, 3.05) is 24.7 Å². The largest absolute Gasteiger partial charge is 0.455 e. The van der Waals surface area contributed by atoms with Crippen LogP contribution in [0.2, 0.25) is 0 Å². The first-order valence-electron chi connectivity index (χ1n) is 13.7. The zero-order chi connectivity index (χ0) is 30.5. The van der Waals surface area contributed by atoms with Crippen molar-refractivity contribution in [3.8, 4) is 11.3 Å². The number of Topliss-reactive ketones (excluding diaryl/α,β-unsaturated/α-hetero) is 1. The summed E-state index contributed by atoms with van der Waals surface area (Å²) in [4.78, 5) is 38.3. The highest BCUT2D eigenvalue weighted by molar-refractivity contribution is 7.92. The second kappa shape index (κ2) is 10.9. The Hall–Kier alpha value is -4.62. The van der Waals surface area contributed by atoms with Gasteiger partial charge in [-0.2, -0.15) is 0 Å². The second-order valence-corrected chi connectivity index (χ2v) is 12.6. The molecule has 0 bridgehead atoms. The van der Waals surface area contributed by atoms with E-state index in [1.54, 1.807) is 30.5 Å². The number of nitrogens with one attached hydrogen (secondary N) is 3. The Bertz CT molecular complexity index is 1950. The van der Waals surface area contributed by atoms with Crippen LogP contribution in [0.3, 0.4) is 0 Å². The van der Waals surface area contributed by atoms with Gasteiger partial charge in [0, 0.05) is 43.4 Å². The minimum Gasteiger partial charge on any atom is -0.455 e. The van der Waals surface area contributed by atoms with Gasteiger partial charge < -0.3 is 20.0 Å². The van der Waals surface area contributed by atoms with Crippen LogP contribution in [0.4, 0.5) is 10.1 Å². The second-order valence-electron chi connectivity index (χ2n) is 10.6. The normalized spacial score (nSPS) is 17.3. The van der Waals surface area contributed by atoms with E-state index in [1.807, 2.05) is 0 Å². The average molecular weight is 605 g/mol. The molecule has 6 rings (SSSR count). The molecule has 3 aromatic heterocycles. The average Bonchev–Trinajstić information content (AvgIpc) is 3.61. The standard InChI is InChI=1S/C30H29FN6O5S/c1-32-30(39)25-19-14-18(20-6-4-7-21(34-20)26(38)29-35-22-8-5-13-33-28(22)36-29)23(37(2)43(3,40)41)15-24(19)42-27(25)16-9-11-17(31)12-10-16/h5,8-15,20-21,34H,4,6-7H2,1-3H3,(H,32,39)(H,33,35,36)/t20-,21?/m0/s1. The molecule has 13 heteroatoms. The Kier molecular flexibility index (Phi) is 7.22. The highest BCUT2D eigenvalue weighted by Gasteiger charge is 2.33. The summed E-state index contributed by atoms with van der Waals surface area (Å²) in [6.07, 6.45) is 4.55. The molecule has 1 fully saturated rings. The molecule has 1 saturated heterocycles. The van der Waals surface area contributed by atoms with Crippen LogP contribution in [-0.2, 0) is 10.0 Å². The van der Waals surface area contributed by atoms with E-state index >= 15 is 0 Å². The van der Waals surface area contributed by atoms with E-state index < -0.39 is 33.8 Å². The summed E-state index contributed by atoms with van der Waals surface area (Å²) in [7, 11) is -0.765. The number of aromatic amines is 1. The lowest BCUT2D eigenvalue weighted by molar-refractivity contribution is 0.0902. The molecular weight excluding hydrogens is 575 g/mol. The van der Waals surface area contributed by atoms with E-state index in [1.165, 1.54) is 38.4 Å². The molecule has 3 N–H and O–H groups in total. The van der Waals surface area contributed by atoms with Crippen molar-refractivity contribution >= 4 is 49.5 Å². The third-order valence-electron chi connectivity index (χ3n) is 7.81. The number of anilines is 1. The van der Waals surface area contributed by atoms with Crippen LogP contribution >= 0.6 is 0 Å². The van der Waals surface area contributed by atoms with Crippen LogP contribution in [0.15, 0.2) is 59.1 Å². The molecule has 0 radical (unpaired) electrons. The first-order valence-corrected chi connectivity index (χ1v) is 15.5. The molecule has 1 aliphatic rings. The number of aromatic nitrogens is 3. The monoisotopic (exact) mass is 604 g/mol. The molecule has 4 heterocycles. The van der Waals surface area contributed by atoms with Gasteiger partial charge in [-0.3, -0.25) is 13.9 Å². The molecule has 0 spiro atoms.